The fraction of sp³-hybridized carbons (Fsp3) is 0.0909. The van der Waals surface area contributed by atoms with Crippen LogP contribution in [0.25, 0.3) is 0 Å². The lowest BCUT2D eigenvalue weighted by Gasteiger charge is -2.05. The van der Waals surface area contributed by atoms with E-state index in [0.29, 0.717) is 17.9 Å². The summed E-state index contributed by atoms with van der Waals surface area (Å²) in [5, 5.41) is 12.1. The van der Waals surface area contributed by atoms with Crippen LogP contribution in [0.3, 0.4) is 0 Å². The summed E-state index contributed by atoms with van der Waals surface area (Å²) >= 11 is 5.78. The minimum absolute atomic E-state index is 0.286. The first-order valence-electron chi connectivity index (χ1n) is 4.84. The standard InChI is InChI=1S/C11H8ClN5/c12-10-3-8(5-13)4-11(17-10)15-6-9-1-2-14-7-16-9/h1-4,7H,6H2,(H,15,17). The molecule has 0 spiro atoms. The summed E-state index contributed by atoms with van der Waals surface area (Å²) in [6, 6.07) is 6.95. The monoisotopic (exact) mass is 245 g/mol. The van der Waals surface area contributed by atoms with Crippen molar-refractivity contribution in [1.82, 2.24) is 15.0 Å². The lowest BCUT2D eigenvalue weighted by Crippen LogP contribution is -2.03. The molecule has 0 radical (unpaired) electrons. The predicted molar refractivity (Wildman–Crippen MR) is 63.3 cm³/mol. The summed E-state index contributed by atoms with van der Waals surface area (Å²) in [7, 11) is 0. The van der Waals surface area contributed by atoms with Gasteiger partial charge in [-0.25, -0.2) is 15.0 Å². The maximum Gasteiger partial charge on any atom is 0.132 e. The third-order valence-corrected chi connectivity index (χ3v) is 2.21. The number of anilines is 1. The number of aromatic nitrogens is 3. The number of rotatable bonds is 3. The molecule has 0 saturated carbocycles. The highest BCUT2D eigenvalue weighted by Gasteiger charge is 2.01. The molecule has 0 atom stereocenters. The van der Waals surface area contributed by atoms with Gasteiger partial charge in [-0.15, -0.1) is 0 Å². The van der Waals surface area contributed by atoms with E-state index in [1.807, 2.05) is 6.07 Å². The second kappa shape index (κ2) is 5.23. The van der Waals surface area contributed by atoms with Gasteiger partial charge in [0.25, 0.3) is 0 Å². The molecule has 6 heteroatoms. The van der Waals surface area contributed by atoms with E-state index in [1.165, 1.54) is 12.4 Å². The van der Waals surface area contributed by atoms with Gasteiger partial charge in [-0.2, -0.15) is 5.26 Å². The molecule has 5 nitrogen and oxygen atoms in total. The highest BCUT2D eigenvalue weighted by molar-refractivity contribution is 6.29. The van der Waals surface area contributed by atoms with Gasteiger partial charge >= 0.3 is 0 Å². The van der Waals surface area contributed by atoms with Crippen LogP contribution in [0.4, 0.5) is 5.82 Å². The quantitative estimate of drug-likeness (QED) is 0.838. The lowest BCUT2D eigenvalue weighted by molar-refractivity contribution is 0.996. The number of pyridine rings is 1. The first-order valence-corrected chi connectivity index (χ1v) is 5.22. The van der Waals surface area contributed by atoms with E-state index in [4.69, 9.17) is 16.9 Å². The fourth-order valence-electron chi connectivity index (χ4n) is 1.26. The van der Waals surface area contributed by atoms with Gasteiger partial charge in [-0.05, 0) is 18.2 Å². The van der Waals surface area contributed by atoms with E-state index in [9.17, 15) is 0 Å². The first-order chi connectivity index (χ1) is 8.28. The molecule has 2 aromatic heterocycles. The zero-order valence-corrected chi connectivity index (χ0v) is 9.52. The number of nitrogens with one attached hydrogen (secondary N) is 1. The normalized spacial score (nSPS) is 9.65. The van der Waals surface area contributed by atoms with Gasteiger partial charge in [-0.3, -0.25) is 0 Å². The van der Waals surface area contributed by atoms with E-state index < -0.39 is 0 Å². The smallest absolute Gasteiger partial charge is 0.132 e. The summed E-state index contributed by atoms with van der Waals surface area (Å²) in [6.45, 7) is 0.501. The van der Waals surface area contributed by atoms with Gasteiger partial charge in [0.2, 0.25) is 0 Å². The molecule has 0 aliphatic rings. The zero-order valence-electron chi connectivity index (χ0n) is 8.76. The van der Waals surface area contributed by atoms with E-state index >= 15 is 0 Å². The van der Waals surface area contributed by atoms with Crippen LogP contribution in [0.15, 0.2) is 30.7 Å². The number of nitrogens with zero attached hydrogens (tertiary/aromatic N) is 4. The summed E-state index contributed by atoms with van der Waals surface area (Å²) in [6.07, 6.45) is 3.14. The summed E-state index contributed by atoms with van der Waals surface area (Å²) < 4.78 is 0. The zero-order chi connectivity index (χ0) is 12.1. The van der Waals surface area contributed by atoms with Crippen molar-refractivity contribution in [2.24, 2.45) is 0 Å². The van der Waals surface area contributed by atoms with Crippen LogP contribution in [0.2, 0.25) is 5.15 Å². The number of nitriles is 1. The minimum atomic E-state index is 0.286. The van der Waals surface area contributed by atoms with Crippen molar-refractivity contribution in [2.75, 3.05) is 5.32 Å². The van der Waals surface area contributed by atoms with E-state index in [-0.39, 0.29) is 5.15 Å². The predicted octanol–water partition coefficient (Wildman–Crippen LogP) is 2.01. The van der Waals surface area contributed by atoms with Gasteiger partial charge in [-0.1, -0.05) is 11.6 Å². The Balaban J connectivity index is 2.10. The molecular formula is C11H8ClN5. The average molecular weight is 246 g/mol. The molecule has 84 valence electrons. The molecule has 2 aromatic rings. The molecule has 0 saturated heterocycles. The summed E-state index contributed by atoms with van der Waals surface area (Å²) in [4.78, 5) is 11.9. The topological polar surface area (TPSA) is 74.5 Å². The molecule has 2 heterocycles. The Morgan fingerprint density at radius 3 is 3.00 bits per heavy atom. The molecular weight excluding hydrogens is 238 g/mol. The largest absolute Gasteiger partial charge is 0.364 e. The summed E-state index contributed by atoms with van der Waals surface area (Å²) in [5.41, 5.74) is 1.30. The molecule has 2 rings (SSSR count). The Morgan fingerprint density at radius 1 is 1.41 bits per heavy atom. The van der Waals surface area contributed by atoms with Crippen LogP contribution >= 0.6 is 11.6 Å². The van der Waals surface area contributed by atoms with Gasteiger partial charge in [0.05, 0.1) is 23.9 Å². The molecule has 0 fully saturated rings. The molecule has 0 aliphatic heterocycles. The average Bonchev–Trinajstić information content (AvgIpc) is 2.37. The van der Waals surface area contributed by atoms with Crippen LogP contribution < -0.4 is 5.32 Å². The molecule has 0 aromatic carbocycles. The van der Waals surface area contributed by atoms with Crippen molar-refractivity contribution in [2.45, 2.75) is 6.54 Å². The number of hydrogen-bond acceptors (Lipinski definition) is 5. The second-order valence-electron chi connectivity index (χ2n) is 3.23. The lowest BCUT2D eigenvalue weighted by atomic mass is 10.3. The van der Waals surface area contributed by atoms with Gasteiger partial charge in [0.1, 0.15) is 17.3 Å². The Hall–Kier alpha value is -2.19. The van der Waals surface area contributed by atoms with Gasteiger partial charge in [0.15, 0.2) is 0 Å². The van der Waals surface area contributed by atoms with Crippen molar-refractivity contribution in [3.63, 3.8) is 0 Å². The van der Waals surface area contributed by atoms with Crippen LogP contribution in [0.5, 0.6) is 0 Å². The van der Waals surface area contributed by atoms with Crippen molar-refractivity contribution < 1.29 is 0 Å². The molecule has 1 N–H and O–H groups in total. The molecule has 0 amide bonds. The van der Waals surface area contributed by atoms with Crippen LogP contribution in [-0.4, -0.2) is 15.0 Å². The Kier molecular flexibility index (Phi) is 3.48. The molecule has 0 unspecified atom stereocenters. The van der Waals surface area contributed by atoms with Crippen molar-refractivity contribution in [3.8, 4) is 6.07 Å². The van der Waals surface area contributed by atoms with E-state index in [2.05, 4.69) is 20.3 Å². The van der Waals surface area contributed by atoms with Gasteiger partial charge in [0, 0.05) is 6.20 Å². The number of halogens is 1. The maximum absolute atomic E-state index is 8.79. The first kappa shape index (κ1) is 11.3. The highest BCUT2D eigenvalue weighted by Crippen LogP contribution is 2.14. The Morgan fingerprint density at radius 2 is 2.29 bits per heavy atom. The maximum atomic E-state index is 8.79. The Labute approximate surface area is 103 Å². The third kappa shape index (κ3) is 3.13. The third-order valence-electron chi connectivity index (χ3n) is 2.02. The van der Waals surface area contributed by atoms with E-state index in [1.54, 1.807) is 18.3 Å². The SMILES string of the molecule is N#Cc1cc(Cl)nc(NCc2ccncn2)c1. The fourth-order valence-corrected chi connectivity index (χ4v) is 1.46. The van der Waals surface area contributed by atoms with Crippen LogP contribution in [0.1, 0.15) is 11.3 Å². The second-order valence-corrected chi connectivity index (χ2v) is 3.62. The molecule has 0 bridgehead atoms. The molecule has 0 aliphatic carbocycles. The minimum Gasteiger partial charge on any atom is -0.364 e. The van der Waals surface area contributed by atoms with Crippen molar-refractivity contribution >= 4 is 17.4 Å². The van der Waals surface area contributed by atoms with E-state index in [0.717, 1.165) is 5.69 Å². The number of hydrogen-bond donors (Lipinski definition) is 1. The van der Waals surface area contributed by atoms with Crippen LogP contribution in [0, 0.1) is 11.3 Å². The van der Waals surface area contributed by atoms with Crippen molar-refractivity contribution in [1.29, 1.82) is 5.26 Å². The summed E-state index contributed by atoms with van der Waals surface area (Å²) in [5.74, 6) is 0.549. The Bertz CT molecular complexity index is 550. The highest BCUT2D eigenvalue weighted by atomic mass is 35.5. The van der Waals surface area contributed by atoms with Crippen molar-refractivity contribution in [3.05, 3.63) is 47.1 Å². The van der Waals surface area contributed by atoms with Gasteiger partial charge < -0.3 is 5.32 Å². The molecule has 17 heavy (non-hydrogen) atoms. The van der Waals surface area contributed by atoms with Crippen LogP contribution in [-0.2, 0) is 6.54 Å².